The molecule has 3 aromatic rings. The molecule has 1 fully saturated rings. The van der Waals surface area contributed by atoms with Crippen molar-refractivity contribution in [3.05, 3.63) is 65.9 Å². The molecule has 0 amide bonds. The van der Waals surface area contributed by atoms with Crippen molar-refractivity contribution in [1.82, 2.24) is 9.97 Å². The lowest BCUT2D eigenvalue weighted by molar-refractivity contribution is 0.0617. The highest BCUT2D eigenvalue weighted by Gasteiger charge is 2.39. The minimum absolute atomic E-state index is 0.0757. The average molecular weight is 553 g/mol. The number of rotatable bonds is 11. The van der Waals surface area contributed by atoms with Gasteiger partial charge in [-0.3, -0.25) is 4.79 Å². The molecule has 10 heteroatoms. The van der Waals surface area contributed by atoms with Crippen LogP contribution in [0.25, 0.3) is 11.1 Å². The van der Waals surface area contributed by atoms with Crippen LogP contribution in [0.5, 0.6) is 0 Å². The van der Waals surface area contributed by atoms with Gasteiger partial charge in [-0.1, -0.05) is 31.2 Å². The molecule has 9 nitrogen and oxygen atoms in total. The molecule has 1 unspecified atom stereocenters. The molecule has 0 spiro atoms. The second-order valence-electron chi connectivity index (χ2n) is 10.7. The van der Waals surface area contributed by atoms with Gasteiger partial charge in [0.25, 0.3) is 0 Å². The first-order chi connectivity index (χ1) is 18.5. The zero-order chi connectivity index (χ0) is 28.2. The Kier molecular flexibility index (Phi) is 8.68. The smallest absolute Gasteiger partial charge is 0.203 e. The minimum Gasteiger partial charge on any atom is -0.384 e. The number of carbonyl (C=O) groups is 1. The molecule has 2 aromatic heterocycles. The molecule has 1 atom stereocenters. The number of carbonyl (C=O) groups excluding carboxylic acids is 1. The molecule has 0 saturated carbocycles. The molecule has 0 bridgehead atoms. The third-order valence-corrected chi connectivity index (χ3v) is 8.35. The summed E-state index contributed by atoms with van der Waals surface area (Å²) in [5.74, 6) is -0.309. The van der Waals surface area contributed by atoms with Gasteiger partial charge < -0.3 is 20.1 Å². The van der Waals surface area contributed by atoms with Crippen LogP contribution in [0.15, 0.2) is 59.8 Å². The maximum atomic E-state index is 13.7. The van der Waals surface area contributed by atoms with Crippen LogP contribution in [-0.2, 0) is 25.9 Å². The van der Waals surface area contributed by atoms with Gasteiger partial charge in [0.2, 0.25) is 9.84 Å². The van der Waals surface area contributed by atoms with Crippen molar-refractivity contribution in [2.24, 2.45) is 5.92 Å². The molecule has 1 aliphatic heterocycles. The molecule has 1 aliphatic rings. The maximum absolute atomic E-state index is 13.7. The number of anilines is 2. The number of ketones is 1. The highest BCUT2D eigenvalue weighted by atomic mass is 32.2. The molecule has 0 aliphatic carbocycles. The quantitative estimate of drug-likeness (QED) is 0.276. The maximum Gasteiger partial charge on any atom is 0.203 e. The van der Waals surface area contributed by atoms with Gasteiger partial charge in [-0.25, -0.2) is 18.4 Å². The van der Waals surface area contributed by atoms with Crippen molar-refractivity contribution < 1.29 is 22.7 Å². The lowest BCUT2D eigenvalue weighted by Gasteiger charge is -2.34. The third-order valence-electron chi connectivity index (χ3n) is 6.84. The summed E-state index contributed by atoms with van der Waals surface area (Å²) < 4.78 is 36.9. The van der Waals surface area contributed by atoms with Gasteiger partial charge in [-0.05, 0) is 61.6 Å². The van der Waals surface area contributed by atoms with Crippen LogP contribution < -0.4 is 10.6 Å². The summed E-state index contributed by atoms with van der Waals surface area (Å²) in [7, 11) is -2.40. The molecule has 3 heterocycles. The third kappa shape index (κ3) is 6.81. The van der Waals surface area contributed by atoms with Gasteiger partial charge in [0.05, 0.1) is 25.4 Å². The number of nitrogen functional groups attached to an aromatic ring is 1. The van der Waals surface area contributed by atoms with E-state index in [1.165, 1.54) is 18.2 Å². The van der Waals surface area contributed by atoms with E-state index in [-0.39, 0.29) is 21.9 Å². The second kappa shape index (κ2) is 11.8. The minimum atomic E-state index is -4.02. The zero-order valence-corrected chi connectivity index (χ0v) is 23.7. The van der Waals surface area contributed by atoms with E-state index in [1.807, 2.05) is 24.3 Å². The predicted octanol–water partition coefficient (Wildman–Crippen LogP) is 4.17. The van der Waals surface area contributed by atoms with Gasteiger partial charge >= 0.3 is 0 Å². The van der Waals surface area contributed by atoms with E-state index < -0.39 is 21.4 Å². The van der Waals surface area contributed by atoms with Crippen molar-refractivity contribution in [2.45, 2.75) is 44.4 Å². The standard InChI is InChI=1S/C29H36N4O5S/c1-20-15-29(2,3)33(17-20)28-24(25(34)19-39(35,36)27-10-6-9-26(30)32-27)14-23(16-31-28)22-8-5-7-21(13-22)18-38-12-11-37-4/h5-10,13-14,16,20H,11-12,15,17-19H2,1-4H3,(H2,30,32). The van der Waals surface area contributed by atoms with Crippen molar-refractivity contribution in [1.29, 1.82) is 0 Å². The number of pyridine rings is 2. The van der Waals surface area contributed by atoms with Crippen LogP contribution in [0.4, 0.5) is 11.6 Å². The molecule has 39 heavy (non-hydrogen) atoms. The molecule has 0 radical (unpaired) electrons. The average Bonchev–Trinajstić information content (AvgIpc) is 3.17. The molecule has 1 saturated heterocycles. The Morgan fingerprint density at radius 3 is 2.59 bits per heavy atom. The number of benzene rings is 1. The van der Waals surface area contributed by atoms with E-state index in [2.05, 4.69) is 30.7 Å². The Balaban J connectivity index is 1.71. The molecule has 208 valence electrons. The highest BCUT2D eigenvalue weighted by Crippen LogP contribution is 2.38. The lowest BCUT2D eigenvalue weighted by Crippen LogP contribution is -2.40. The monoisotopic (exact) mass is 552 g/mol. The van der Waals surface area contributed by atoms with Crippen LogP contribution in [-0.4, -0.2) is 62.3 Å². The van der Waals surface area contributed by atoms with E-state index in [0.717, 1.165) is 24.1 Å². The largest absolute Gasteiger partial charge is 0.384 e. The van der Waals surface area contributed by atoms with Crippen LogP contribution in [0.1, 0.15) is 43.1 Å². The number of nitrogens with zero attached hydrogens (tertiary/aromatic N) is 3. The Morgan fingerprint density at radius 1 is 1.13 bits per heavy atom. The fourth-order valence-electron chi connectivity index (χ4n) is 5.10. The molecule has 2 N–H and O–H groups in total. The molecular weight excluding hydrogens is 516 g/mol. The Morgan fingerprint density at radius 2 is 1.90 bits per heavy atom. The van der Waals surface area contributed by atoms with Crippen LogP contribution >= 0.6 is 0 Å². The Labute approximate surface area is 230 Å². The van der Waals surface area contributed by atoms with Crippen LogP contribution in [0, 0.1) is 5.92 Å². The van der Waals surface area contributed by atoms with Gasteiger partial charge in [0.15, 0.2) is 10.8 Å². The van der Waals surface area contributed by atoms with Crippen LogP contribution in [0.2, 0.25) is 0 Å². The van der Waals surface area contributed by atoms with Gasteiger partial charge in [0.1, 0.15) is 17.4 Å². The van der Waals surface area contributed by atoms with Crippen molar-refractivity contribution in [3.63, 3.8) is 0 Å². The van der Waals surface area contributed by atoms with Crippen molar-refractivity contribution in [2.75, 3.05) is 43.3 Å². The molecular formula is C29H36N4O5S. The van der Waals surface area contributed by atoms with Crippen molar-refractivity contribution >= 4 is 27.3 Å². The highest BCUT2D eigenvalue weighted by molar-refractivity contribution is 7.92. The van der Waals surface area contributed by atoms with Crippen molar-refractivity contribution in [3.8, 4) is 11.1 Å². The summed E-state index contributed by atoms with van der Waals surface area (Å²) in [6.07, 6.45) is 2.67. The first-order valence-corrected chi connectivity index (χ1v) is 14.6. The number of nitrogens with two attached hydrogens (primary N) is 1. The number of hydrogen-bond acceptors (Lipinski definition) is 9. The van der Waals surface area contributed by atoms with Gasteiger partial charge in [-0.15, -0.1) is 0 Å². The second-order valence-corrected chi connectivity index (χ2v) is 12.6. The first-order valence-electron chi connectivity index (χ1n) is 12.9. The summed E-state index contributed by atoms with van der Waals surface area (Å²) >= 11 is 0. The summed E-state index contributed by atoms with van der Waals surface area (Å²) in [5.41, 5.74) is 8.25. The Bertz CT molecular complexity index is 1440. The topological polar surface area (TPSA) is 125 Å². The number of hydrogen-bond donors (Lipinski definition) is 1. The zero-order valence-electron chi connectivity index (χ0n) is 22.9. The number of ether oxygens (including phenoxy) is 2. The summed E-state index contributed by atoms with van der Waals surface area (Å²) in [6.45, 7) is 8.51. The molecule has 4 rings (SSSR count). The predicted molar refractivity (Wildman–Crippen MR) is 151 cm³/mol. The fourth-order valence-corrected chi connectivity index (χ4v) is 6.28. The number of sulfone groups is 1. The normalized spacial score (nSPS) is 16.9. The van der Waals surface area contributed by atoms with E-state index in [9.17, 15) is 13.2 Å². The van der Waals surface area contributed by atoms with E-state index in [1.54, 1.807) is 19.4 Å². The SMILES string of the molecule is COCCOCc1cccc(-c2cnc(N3CC(C)CC3(C)C)c(C(=O)CS(=O)(=O)c3cccc(N)n3)c2)c1. The number of aromatic nitrogens is 2. The number of Topliss-reactive ketones (excluding diaryl/α,β-unsaturated/α-hetero) is 1. The summed E-state index contributed by atoms with van der Waals surface area (Å²) in [6, 6.07) is 13.9. The summed E-state index contributed by atoms with van der Waals surface area (Å²) in [4.78, 5) is 24.5. The van der Waals surface area contributed by atoms with E-state index in [4.69, 9.17) is 20.2 Å². The van der Waals surface area contributed by atoms with Crippen LogP contribution in [0.3, 0.4) is 0 Å². The molecule has 1 aromatic carbocycles. The summed E-state index contributed by atoms with van der Waals surface area (Å²) in [5, 5.41) is -0.224. The van der Waals surface area contributed by atoms with Gasteiger partial charge in [0, 0.05) is 31.0 Å². The fraction of sp³-hybridized carbons (Fsp3) is 0.414. The van der Waals surface area contributed by atoms with Gasteiger partial charge in [-0.2, -0.15) is 0 Å². The lowest BCUT2D eigenvalue weighted by atomic mass is 9.97. The van der Waals surface area contributed by atoms with E-state index in [0.29, 0.717) is 37.1 Å². The first kappa shape index (κ1) is 28.7. The Hall–Kier alpha value is -3.34. The van der Waals surface area contributed by atoms with E-state index >= 15 is 0 Å². The number of methoxy groups -OCH3 is 1.